The standard InChI is InChI=1S/C7H12N4S/c1-7(3-2-4-7)5-11-6(12)8-9-10-11/h2-5H2,1H3,(H,8,10,12). The highest BCUT2D eigenvalue weighted by molar-refractivity contribution is 7.71. The highest BCUT2D eigenvalue weighted by atomic mass is 32.1. The molecule has 0 aromatic carbocycles. The molecule has 1 aliphatic rings. The predicted octanol–water partition coefficient (Wildman–Crippen LogP) is 1.53. The molecule has 0 unspecified atom stereocenters. The molecule has 0 atom stereocenters. The molecule has 1 heterocycles. The van der Waals surface area contributed by atoms with Crippen molar-refractivity contribution in [2.24, 2.45) is 5.41 Å². The third-order valence-corrected chi connectivity index (χ3v) is 2.93. The SMILES string of the molecule is CC1(Cn2[nH]nnc2=S)CCC1. The van der Waals surface area contributed by atoms with Gasteiger partial charge in [0.25, 0.3) is 0 Å². The van der Waals surface area contributed by atoms with Gasteiger partial charge in [0.15, 0.2) is 0 Å². The van der Waals surface area contributed by atoms with Crippen molar-refractivity contribution in [1.29, 1.82) is 0 Å². The Morgan fingerprint density at radius 1 is 1.67 bits per heavy atom. The van der Waals surface area contributed by atoms with E-state index in [1.165, 1.54) is 19.3 Å². The van der Waals surface area contributed by atoms with Gasteiger partial charge in [-0.1, -0.05) is 23.7 Å². The molecule has 1 saturated carbocycles. The quantitative estimate of drug-likeness (QED) is 0.709. The van der Waals surface area contributed by atoms with Crippen LogP contribution in [0.1, 0.15) is 26.2 Å². The summed E-state index contributed by atoms with van der Waals surface area (Å²) in [6.45, 7) is 3.21. The van der Waals surface area contributed by atoms with Gasteiger partial charge in [0.2, 0.25) is 4.77 Å². The normalized spacial score (nSPS) is 20.4. The Morgan fingerprint density at radius 2 is 2.42 bits per heavy atom. The Bertz CT molecular complexity index is 322. The average molecular weight is 184 g/mol. The van der Waals surface area contributed by atoms with E-state index >= 15 is 0 Å². The zero-order valence-corrected chi connectivity index (χ0v) is 7.89. The lowest BCUT2D eigenvalue weighted by atomic mass is 9.70. The van der Waals surface area contributed by atoms with Gasteiger partial charge in [-0.3, -0.25) is 0 Å². The van der Waals surface area contributed by atoms with E-state index in [2.05, 4.69) is 22.4 Å². The van der Waals surface area contributed by atoms with Gasteiger partial charge in [-0.15, -0.1) is 0 Å². The monoisotopic (exact) mass is 184 g/mol. The number of rotatable bonds is 2. The number of tetrazole rings is 1. The predicted molar refractivity (Wildman–Crippen MR) is 47.2 cm³/mol. The first-order valence-corrected chi connectivity index (χ1v) is 4.58. The second-order valence-corrected chi connectivity index (χ2v) is 4.20. The molecular formula is C7H12N4S. The van der Waals surface area contributed by atoms with Crippen LogP contribution in [0.25, 0.3) is 0 Å². The molecule has 1 aromatic heterocycles. The van der Waals surface area contributed by atoms with E-state index < -0.39 is 0 Å². The third-order valence-electron chi connectivity index (χ3n) is 2.63. The van der Waals surface area contributed by atoms with Crippen LogP contribution in [0.15, 0.2) is 0 Å². The maximum atomic E-state index is 4.98. The number of hydrogen-bond acceptors (Lipinski definition) is 3. The molecule has 0 saturated heterocycles. The number of aromatic amines is 1. The smallest absolute Gasteiger partial charge is 0.238 e. The van der Waals surface area contributed by atoms with Gasteiger partial charge in [0.05, 0.1) is 0 Å². The highest BCUT2D eigenvalue weighted by Gasteiger charge is 2.32. The summed E-state index contributed by atoms with van der Waals surface area (Å²) in [7, 11) is 0. The summed E-state index contributed by atoms with van der Waals surface area (Å²) in [5, 5.41) is 10.2. The van der Waals surface area contributed by atoms with Crippen molar-refractivity contribution >= 4 is 12.2 Å². The van der Waals surface area contributed by atoms with E-state index in [1.807, 2.05) is 4.68 Å². The van der Waals surface area contributed by atoms with Crippen LogP contribution in [-0.2, 0) is 6.54 Å². The zero-order chi connectivity index (χ0) is 8.60. The average Bonchev–Trinajstić information content (AvgIpc) is 2.34. The summed E-state index contributed by atoms with van der Waals surface area (Å²) in [4.78, 5) is 0. The van der Waals surface area contributed by atoms with Crippen molar-refractivity contribution in [2.75, 3.05) is 0 Å². The first kappa shape index (κ1) is 7.91. The topological polar surface area (TPSA) is 46.5 Å². The fraction of sp³-hybridized carbons (Fsp3) is 0.857. The highest BCUT2D eigenvalue weighted by Crippen LogP contribution is 2.41. The summed E-state index contributed by atoms with van der Waals surface area (Å²) in [5.41, 5.74) is 0.423. The van der Waals surface area contributed by atoms with Crippen LogP contribution in [0.2, 0.25) is 0 Å². The third kappa shape index (κ3) is 1.29. The van der Waals surface area contributed by atoms with Crippen molar-refractivity contribution < 1.29 is 0 Å². The van der Waals surface area contributed by atoms with Crippen molar-refractivity contribution in [2.45, 2.75) is 32.7 Å². The largest absolute Gasteiger partial charge is 0.242 e. The molecule has 0 bridgehead atoms. The lowest BCUT2D eigenvalue weighted by Gasteiger charge is -2.37. The molecule has 0 radical (unpaired) electrons. The summed E-state index contributed by atoms with van der Waals surface area (Å²) in [5.74, 6) is 0. The lowest BCUT2D eigenvalue weighted by molar-refractivity contribution is 0.124. The van der Waals surface area contributed by atoms with Crippen molar-refractivity contribution in [1.82, 2.24) is 20.2 Å². The van der Waals surface area contributed by atoms with E-state index in [1.54, 1.807) is 0 Å². The minimum atomic E-state index is 0.423. The molecule has 1 aromatic rings. The number of nitrogens with one attached hydrogen (secondary N) is 1. The second kappa shape index (κ2) is 2.65. The van der Waals surface area contributed by atoms with Crippen molar-refractivity contribution in [3.05, 3.63) is 4.77 Å². The van der Waals surface area contributed by atoms with E-state index in [9.17, 15) is 0 Å². The van der Waals surface area contributed by atoms with E-state index in [-0.39, 0.29) is 0 Å². The minimum Gasteiger partial charge on any atom is -0.242 e. The zero-order valence-electron chi connectivity index (χ0n) is 7.08. The lowest BCUT2D eigenvalue weighted by Crippen LogP contribution is -2.31. The van der Waals surface area contributed by atoms with Gasteiger partial charge in [-0.25, -0.2) is 4.68 Å². The maximum absolute atomic E-state index is 4.98. The van der Waals surface area contributed by atoms with Crippen LogP contribution >= 0.6 is 12.2 Å². The first-order valence-electron chi connectivity index (χ1n) is 4.18. The number of nitrogens with zero attached hydrogens (tertiary/aromatic N) is 3. The van der Waals surface area contributed by atoms with Gasteiger partial charge in [0, 0.05) is 6.54 Å². The molecule has 2 rings (SSSR count). The minimum absolute atomic E-state index is 0.423. The van der Waals surface area contributed by atoms with Crippen LogP contribution in [0.5, 0.6) is 0 Å². The Morgan fingerprint density at radius 3 is 2.83 bits per heavy atom. The fourth-order valence-electron chi connectivity index (χ4n) is 1.64. The first-order chi connectivity index (χ1) is 5.70. The Kier molecular flexibility index (Phi) is 1.75. The van der Waals surface area contributed by atoms with Crippen LogP contribution < -0.4 is 0 Å². The van der Waals surface area contributed by atoms with Crippen molar-refractivity contribution in [3.8, 4) is 0 Å². The molecule has 5 heteroatoms. The number of hydrogen-bond donors (Lipinski definition) is 1. The summed E-state index contributed by atoms with van der Waals surface area (Å²) >= 11 is 4.98. The molecule has 0 amide bonds. The van der Waals surface area contributed by atoms with Crippen LogP contribution in [0.4, 0.5) is 0 Å². The van der Waals surface area contributed by atoms with Gasteiger partial charge < -0.3 is 0 Å². The van der Waals surface area contributed by atoms with Crippen molar-refractivity contribution in [3.63, 3.8) is 0 Å². The molecular weight excluding hydrogens is 172 g/mol. The van der Waals surface area contributed by atoms with E-state index in [0.29, 0.717) is 10.2 Å². The van der Waals surface area contributed by atoms with Gasteiger partial charge >= 0.3 is 0 Å². The number of H-pyrrole nitrogens is 1. The fourth-order valence-corrected chi connectivity index (χ4v) is 1.79. The molecule has 66 valence electrons. The maximum Gasteiger partial charge on any atom is 0.238 e. The Hall–Kier alpha value is -0.710. The second-order valence-electron chi connectivity index (χ2n) is 3.83. The Balaban J connectivity index is 2.13. The van der Waals surface area contributed by atoms with E-state index in [0.717, 1.165) is 6.54 Å². The molecule has 1 fully saturated rings. The summed E-state index contributed by atoms with van der Waals surface area (Å²) < 4.78 is 2.40. The van der Waals surface area contributed by atoms with Gasteiger partial charge in [-0.05, 0) is 30.5 Å². The summed E-state index contributed by atoms with van der Waals surface area (Å²) in [6, 6.07) is 0. The van der Waals surface area contributed by atoms with Gasteiger partial charge in [0.1, 0.15) is 0 Å². The summed E-state index contributed by atoms with van der Waals surface area (Å²) in [6.07, 6.45) is 3.91. The Labute approximate surface area is 76.0 Å². The molecule has 4 nitrogen and oxygen atoms in total. The molecule has 1 N–H and O–H groups in total. The molecule has 0 aliphatic heterocycles. The molecule has 12 heavy (non-hydrogen) atoms. The van der Waals surface area contributed by atoms with Crippen LogP contribution in [0.3, 0.4) is 0 Å². The van der Waals surface area contributed by atoms with Crippen LogP contribution in [0, 0.1) is 10.2 Å². The molecule has 0 spiro atoms. The molecule has 1 aliphatic carbocycles. The number of aromatic nitrogens is 4. The van der Waals surface area contributed by atoms with E-state index in [4.69, 9.17) is 12.2 Å². The van der Waals surface area contributed by atoms with Gasteiger partial charge in [-0.2, -0.15) is 5.21 Å². The van der Waals surface area contributed by atoms with Crippen LogP contribution in [-0.4, -0.2) is 20.2 Å².